The van der Waals surface area contributed by atoms with Crippen LogP contribution in [-0.2, 0) is 24.3 Å². The average Bonchev–Trinajstić information content (AvgIpc) is 2.65. The smallest absolute Gasteiger partial charge is 0.338 e. The van der Waals surface area contributed by atoms with E-state index in [2.05, 4.69) is 5.32 Å². The number of nitrogens with one attached hydrogen (secondary N) is 1. The molecule has 2 rings (SSSR count). The fraction of sp³-hybridized carbons (Fsp3) is 0.600. The Hall–Kier alpha value is -1.97. The van der Waals surface area contributed by atoms with Crippen molar-refractivity contribution in [3.63, 3.8) is 0 Å². The van der Waals surface area contributed by atoms with E-state index in [0.29, 0.717) is 6.54 Å². The fourth-order valence-corrected chi connectivity index (χ4v) is 4.63. The Balaban J connectivity index is 2.12. The Kier molecular flexibility index (Phi) is 7.79. The minimum atomic E-state index is -3.78. The Labute approximate surface area is 172 Å². The maximum Gasteiger partial charge on any atom is 0.338 e. The van der Waals surface area contributed by atoms with Crippen molar-refractivity contribution in [3.8, 4) is 0 Å². The molecule has 1 fully saturated rings. The zero-order valence-corrected chi connectivity index (χ0v) is 18.4. The summed E-state index contributed by atoms with van der Waals surface area (Å²) in [5.41, 5.74) is 0.0731. The van der Waals surface area contributed by atoms with Gasteiger partial charge in [-0.3, -0.25) is 4.79 Å². The third kappa shape index (κ3) is 6.25. The van der Waals surface area contributed by atoms with Crippen LogP contribution in [0.3, 0.4) is 0 Å². The summed E-state index contributed by atoms with van der Waals surface area (Å²) in [7, 11) is -3.78. The van der Waals surface area contributed by atoms with Crippen LogP contribution >= 0.6 is 0 Å². The summed E-state index contributed by atoms with van der Waals surface area (Å²) in [6, 6.07) is 5.67. The molecule has 1 amide bonds. The van der Waals surface area contributed by atoms with Crippen molar-refractivity contribution in [2.45, 2.75) is 57.8 Å². The second-order valence-electron chi connectivity index (χ2n) is 7.79. The van der Waals surface area contributed by atoms with Gasteiger partial charge in [-0.25, -0.2) is 13.2 Å². The standard InChI is InChI=1S/C20H30N2O6S/c1-13(2)10-21-19(23)16(5)28-20(24)17-7-6-8-18(9-17)29(25,26)22-11-14(3)27-15(4)12-22/h6-9,13-16H,10-12H2,1-5H3,(H,21,23)/t14-,15+,16-/m0/s1. The highest BCUT2D eigenvalue weighted by molar-refractivity contribution is 7.89. The maximum absolute atomic E-state index is 13.0. The molecule has 0 aliphatic carbocycles. The molecule has 9 heteroatoms. The predicted molar refractivity (Wildman–Crippen MR) is 108 cm³/mol. The highest BCUT2D eigenvalue weighted by Crippen LogP contribution is 2.22. The van der Waals surface area contributed by atoms with Crippen molar-refractivity contribution >= 4 is 21.9 Å². The van der Waals surface area contributed by atoms with Crippen molar-refractivity contribution < 1.29 is 27.5 Å². The molecule has 0 saturated carbocycles. The number of carbonyl (C=O) groups excluding carboxylic acids is 2. The topological polar surface area (TPSA) is 102 Å². The van der Waals surface area contributed by atoms with E-state index in [9.17, 15) is 18.0 Å². The number of ether oxygens (including phenoxy) is 2. The van der Waals surface area contributed by atoms with Crippen LogP contribution in [0.15, 0.2) is 29.2 Å². The van der Waals surface area contributed by atoms with Crippen LogP contribution < -0.4 is 5.32 Å². The van der Waals surface area contributed by atoms with Crippen LogP contribution in [0.5, 0.6) is 0 Å². The van der Waals surface area contributed by atoms with E-state index in [0.717, 1.165) is 0 Å². The Morgan fingerprint density at radius 1 is 1.21 bits per heavy atom. The van der Waals surface area contributed by atoms with E-state index in [1.807, 2.05) is 27.7 Å². The maximum atomic E-state index is 13.0. The second kappa shape index (κ2) is 9.69. The van der Waals surface area contributed by atoms with E-state index in [1.165, 1.54) is 35.5 Å². The Morgan fingerprint density at radius 3 is 2.41 bits per heavy atom. The molecule has 1 aromatic rings. The monoisotopic (exact) mass is 426 g/mol. The molecule has 29 heavy (non-hydrogen) atoms. The molecule has 8 nitrogen and oxygen atoms in total. The van der Waals surface area contributed by atoms with Gasteiger partial charge in [-0.1, -0.05) is 19.9 Å². The first-order chi connectivity index (χ1) is 13.5. The molecule has 0 radical (unpaired) electrons. The van der Waals surface area contributed by atoms with Gasteiger partial charge in [0.05, 0.1) is 22.7 Å². The van der Waals surface area contributed by atoms with E-state index in [-0.39, 0.29) is 41.7 Å². The summed E-state index contributed by atoms with van der Waals surface area (Å²) >= 11 is 0. The van der Waals surface area contributed by atoms with Crippen LogP contribution in [0.2, 0.25) is 0 Å². The summed E-state index contributed by atoms with van der Waals surface area (Å²) in [5.74, 6) is -0.876. The van der Waals surface area contributed by atoms with Gasteiger partial charge in [0.2, 0.25) is 10.0 Å². The summed E-state index contributed by atoms with van der Waals surface area (Å²) in [6.07, 6.45) is -1.42. The van der Waals surface area contributed by atoms with Crippen LogP contribution in [-0.4, -0.2) is 62.5 Å². The SMILES string of the molecule is CC(C)CNC(=O)[C@H](C)OC(=O)c1cccc(S(=O)(=O)N2C[C@@H](C)O[C@@H](C)C2)c1. The lowest BCUT2D eigenvalue weighted by molar-refractivity contribution is -0.129. The van der Waals surface area contributed by atoms with Gasteiger partial charge >= 0.3 is 5.97 Å². The van der Waals surface area contributed by atoms with Gasteiger partial charge in [-0.2, -0.15) is 4.31 Å². The lowest BCUT2D eigenvalue weighted by atomic mass is 10.2. The molecular formula is C20H30N2O6S. The van der Waals surface area contributed by atoms with Gasteiger partial charge in [-0.05, 0) is 44.9 Å². The molecule has 1 saturated heterocycles. The van der Waals surface area contributed by atoms with Gasteiger partial charge in [0.1, 0.15) is 0 Å². The Bertz CT molecular complexity index is 829. The minimum absolute atomic E-state index is 0.00478. The number of amides is 1. The van der Waals surface area contributed by atoms with E-state index in [1.54, 1.807) is 0 Å². The zero-order valence-electron chi connectivity index (χ0n) is 17.5. The van der Waals surface area contributed by atoms with Crippen LogP contribution in [0.4, 0.5) is 0 Å². The summed E-state index contributed by atoms with van der Waals surface area (Å²) in [4.78, 5) is 24.4. The normalized spacial score (nSPS) is 21.6. The number of carbonyl (C=O) groups is 2. The van der Waals surface area contributed by atoms with E-state index < -0.39 is 28.0 Å². The number of esters is 1. The minimum Gasteiger partial charge on any atom is -0.449 e. The molecule has 1 N–H and O–H groups in total. The summed E-state index contributed by atoms with van der Waals surface area (Å²) in [6.45, 7) is 9.99. The average molecular weight is 427 g/mol. The lowest BCUT2D eigenvalue weighted by Gasteiger charge is -2.34. The molecule has 0 aromatic heterocycles. The lowest BCUT2D eigenvalue weighted by Crippen LogP contribution is -2.48. The van der Waals surface area contributed by atoms with Crippen molar-refractivity contribution in [3.05, 3.63) is 29.8 Å². The number of sulfonamides is 1. The van der Waals surface area contributed by atoms with Crippen molar-refractivity contribution in [2.24, 2.45) is 5.92 Å². The highest BCUT2D eigenvalue weighted by atomic mass is 32.2. The van der Waals surface area contributed by atoms with E-state index in [4.69, 9.17) is 9.47 Å². The first kappa shape index (κ1) is 23.3. The number of morpholine rings is 1. The first-order valence-corrected chi connectivity index (χ1v) is 11.2. The van der Waals surface area contributed by atoms with Gasteiger partial charge < -0.3 is 14.8 Å². The van der Waals surface area contributed by atoms with Gasteiger partial charge in [-0.15, -0.1) is 0 Å². The molecular weight excluding hydrogens is 396 g/mol. The van der Waals surface area contributed by atoms with Crippen LogP contribution in [0.1, 0.15) is 45.0 Å². The molecule has 1 aliphatic rings. The molecule has 0 unspecified atom stereocenters. The van der Waals surface area contributed by atoms with Crippen LogP contribution in [0, 0.1) is 5.92 Å². The molecule has 1 aromatic carbocycles. The molecule has 162 valence electrons. The number of rotatable bonds is 7. The fourth-order valence-electron chi connectivity index (χ4n) is 2.99. The van der Waals surface area contributed by atoms with Crippen LogP contribution in [0.25, 0.3) is 0 Å². The third-order valence-electron chi connectivity index (χ3n) is 4.43. The van der Waals surface area contributed by atoms with Crippen molar-refractivity contribution in [1.82, 2.24) is 9.62 Å². The zero-order chi connectivity index (χ0) is 21.8. The molecule has 1 heterocycles. The summed E-state index contributed by atoms with van der Waals surface area (Å²) in [5, 5.41) is 2.70. The number of nitrogens with zero attached hydrogens (tertiary/aromatic N) is 1. The first-order valence-electron chi connectivity index (χ1n) is 9.75. The quantitative estimate of drug-likeness (QED) is 0.667. The highest BCUT2D eigenvalue weighted by Gasteiger charge is 2.32. The molecule has 3 atom stereocenters. The summed E-state index contributed by atoms with van der Waals surface area (Å²) < 4.78 is 38.1. The van der Waals surface area contributed by atoms with Gasteiger partial charge in [0.15, 0.2) is 6.10 Å². The third-order valence-corrected chi connectivity index (χ3v) is 6.26. The van der Waals surface area contributed by atoms with Crippen molar-refractivity contribution in [2.75, 3.05) is 19.6 Å². The van der Waals surface area contributed by atoms with Gasteiger partial charge in [0, 0.05) is 19.6 Å². The van der Waals surface area contributed by atoms with Crippen molar-refractivity contribution in [1.29, 1.82) is 0 Å². The van der Waals surface area contributed by atoms with Gasteiger partial charge in [0.25, 0.3) is 5.91 Å². The van der Waals surface area contributed by atoms with E-state index >= 15 is 0 Å². The Morgan fingerprint density at radius 2 is 1.83 bits per heavy atom. The number of hydrogen-bond acceptors (Lipinski definition) is 6. The number of benzene rings is 1. The predicted octanol–water partition coefficient (Wildman–Crippen LogP) is 1.80. The second-order valence-corrected chi connectivity index (χ2v) is 9.73. The molecule has 0 bridgehead atoms. The largest absolute Gasteiger partial charge is 0.449 e. The molecule has 0 spiro atoms. The molecule has 1 aliphatic heterocycles. The number of hydrogen-bond donors (Lipinski definition) is 1.